The molecule has 0 heterocycles. The van der Waals surface area contributed by atoms with Crippen LogP contribution >= 0.6 is 0 Å². The first-order valence-electron chi connectivity index (χ1n) is 7.12. The van der Waals surface area contributed by atoms with E-state index < -0.39 is 0 Å². The molecule has 0 radical (unpaired) electrons. The number of ether oxygens (including phenoxy) is 2. The second-order valence-corrected chi connectivity index (χ2v) is 5.48. The van der Waals surface area contributed by atoms with Crippen molar-refractivity contribution < 1.29 is 9.47 Å². The van der Waals surface area contributed by atoms with Crippen LogP contribution in [-0.2, 0) is 4.74 Å². The van der Waals surface area contributed by atoms with E-state index in [-0.39, 0.29) is 11.6 Å². The highest BCUT2D eigenvalue weighted by Gasteiger charge is 2.33. The van der Waals surface area contributed by atoms with E-state index in [4.69, 9.17) is 9.47 Å². The van der Waals surface area contributed by atoms with Gasteiger partial charge in [-0.05, 0) is 50.9 Å². The lowest BCUT2D eigenvalue weighted by molar-refractivity contribution is -0.0280. The van der Waals surface area contributed by atoms with Crippen LogP contribution in [0.3, 0.4) is 0 Å². The molecule has 0 saturated heterocycles. The largest absolute Gasteiger partial charge is 0.490 e. The van der Waals surface area contributed by atoms with Gasteiger partial charge in [0.1, 0.15) is 5.75 Å². The van der Waals surface area contributed by atoms with Crippen LogP contribution in [0.4, 0.5) is 0 Å². The van der Waals surface area contributed by atoms with Crippen molar-refractivity contribution in [1.29, 1.82) is 0 Å². The highest BCUT2D eigenvalue weighted by atomic mass is 16.5. The van der Waals surface area contributed by atoms with E-state index in [1.807, 2.05) is 13.1 Å². The fourth-order valence-corrected chi connectivity index (χ4v) is 2.44. The first-order chi connectivity index (χ1) is 9.12. The summed E-state index contributed by atoms with van der Waals surface area (Å²) in [6, 6.07) is 8.51. The Morgan fingerprint density at radius 3 is 2.68 bits per heavy atom. The number of benzene rings is 1. The van der Waals surface area contributed by atoms with E-state index in [0.717, 1.165) is 12.2 Å². The standard InChI is InChI=1S/C16H25NO2/c1-5-16(2,18-4)15(17-3)12-7-6-8-14(11-12)19-13-9-10-13/h6-8,11,13,15,17H,5,9-10H2,1-4H3. The molecule has 0 spiro atoms. The van der Waals surface area contributed by atoms with Crippen molar-refractivity contribution in [1.82, 2.24) is 5.32 Å². The smallest absolute Gasteiger partial charge is 0.120 e. The average molecular weight is 263 g/mol. The summed E-state index contributed by atoms with van der Waals surface area (Å²) >= 11 is 0. The van der Waals surface area contributed by atoms with E-state index in [0.29, 0.717) is 6.10 Å². The van der Waals surface area contributed by atoms with Crippen LogP contribution < -0.4 is 10.1 Å². The van der Waals surface area contributed by atoms with Crippen molar-refractivity contribution >= 4 is 0 Å². The molecule has 2 unspecified atom stereocenters. The molecule has 1 saturated carbocycles. The molecule has 1 aromatic carbocycles. The quantitative estimate of drug-likeness (QED) is 0.818. The summed E-state index contributed by atoms with van der Waals surface area (Å²) in [5.41, 5.74) is 0.999. The number of hydrogen-bond donors (Lipinski definition) is 1. The Morgan fingerprint density at radius 1 is 1.42 bits per heavy atom. The van der Waals surface area contributed by atoms with Gasteiger partial charge in [-0.15, -0.1) is 0 Å². The molecular weight excluding hydrogens is 238 g/mol. The normalized spacial score (nSPS) is 19.8. The molecule has 1 aliphatic rings. The zero-order valence-electron chi connectivity index (χ0n) is 12.4. The van der Waals surface area contributed by atoms with E-state index in [1.54, 1.807) is 7.11 Å². The Hall–Kier alpha value is -1.06. The molecule has 2 rings (SSSR count). The zero-order valence-corrected chi connectivity index (χ0v) is 12.4. The van der Waals surface area contributed by atoms with Crippen LogP contribution in [0.2, 0.25) is 0 Å². The van der Waals surface area contributed by atoms with Gasteiger partial charge < -0.3 is 14.8 Å². The number of methoxy groups -OCH3 is 1. The van der Waals surface area contributed by atoms with E-state index in [1.165, 1.54) is 18.4 Å². The summed E-state index contributed by atoms with van der Waals surface area (Å²) in [4.78, 5) is 0. The third kappa shape index (κ3) is 3.28. The van der Waals surface area contributed by atoms with Gasteiger partial charge in [0.15, 0.2) is 0 Å². The second kappa shape index (κ2) is 5.93. The van der Waals surface area contributed by atoms with Gasteiger partial charge in [-0.2, -0.15) is 0 Å². The second-order valence-electron chi connectivity index (χ2n) is 5.48. The number of nitrogens with one attached hydrogen (secondary N) is 1. The Labute approximate surface area is 116 Å². The monoisotopic (exact) mass is 263 g/mol. The molecule has 1 aromatic rings. The number of hydrogen-bond acceptors (Lipinski definition) is 3. The van der Waals surface area contributed by atoms with Crippen molar-refractivity contribution in [3.05, 3.63) is 29.8 Å². The summed E-state index contributed by atoms with van der Waals surface area (Å²) in [5.74, 6) is 0.967. The highest BCUT2D eigenvalue weighted by Crippen LogP contribution is 2.34. The highest BCUT2D eigenvalue weighted by molar-refractivity contribution is 5.32. The maximum absolute atomic E-state index is 5.87. The lowest BCUT2D eigenvalue weighted by atomic mass is 9.87. The summed E-state index contributed by atoms with van der Waals surface area (Å²) in [6.45, 7) is 4.29. The molecule has 0 aliphatic heterocycles. The lowest BCUT2D eigenvalue weighted by Crippen LogP contribution is -2.41. The van der Waals surface area contributed by atoms with Gasteiger partial charge in [-0.3, -0.25) is 0 Å². The summed E-state index contributed by atoms with van der Waals surface area (Å²) < 4.78 is 11.6. The molecular formula is C16H25NO2. The fraction of sp³-hybridized carbons (Fsp3) is 0.625. The van der Waals surface area contributed by atoms with Crippen LogP contribution in [0, 0.1) is 0 Å². The summed E-state index contributed by atoms with van der Waals surface area (Å²) in [7, 11) is 3.75. The zero-order chi connectivity index (χ0) is 13.9. The SMILES string of the molecule is CCC(C)(OC)C(NC)c1cccc(OC2CC2)c1. The maximum Gasteiger partial charge on any atom is 0.120 e. The minimum atomic E-state index is -0.215. The van der Waals surface area contributed by atoms with E-state index >= 15 is 0 Å². The predicted octanol–water partition coefficient (Wildman–Crippen LogP) is 3.30. The van der Waals surface area contributed by atoms with E-state index in [9.17, 15) is 0 Å². The number of likely N-dealkylation sites (N-methyl/N-ethyl adjacent to an activating group) is 1. The van der Waals surface area contributed by atoms with Gasteiger partial charge in [0.25, 0.3) is 0 Å². The molecule has 1 N–H and O–H groups in total. The van der Waals surface area contributed by atoms with Crippen LogP contribution in [0.5, 0.6) is 5.75 Å². The predicted molar refractivity (Wildman–Crippen MR) is 77.6 cm³/mol. The first-order valence-corrected chi connectivity index (χ1v) is 7.12. The van der Waals surface area contributed by atoms with Gasteiger partial charge in [0, 0.05) is 7.11 Å². The van der Waals surface area contributed by atoms with Crippen LogP contribution in [0.1, 0.15) is 44.7 Å². The van der Waals surface area contributed by atoms with Crippen LogP contribution in [0.25, 0.3) is 0 Å². The Morgan fingerprint density at radius 2 is 2.16 bits per heavy atom. The molecule has 3 nitrogen and oxygen atoms in total. The minimum Gasteiger partial charge on any atom is -0.490 e. The summed E-state index contributed by atoms with van der Waals surface area (Å²) in [6.07, 6.45) is 3.75. The van der Waals surface area contributed by atoms with Crippen LogP contribution in [0.15, 0.2) is 24.3 Å². The summed E-state index contributed by atoms with van der Waals surface area (Å²) in [5, 5.41) is 3.38. The lowest BCUT2D eigenvalue weighted by Gasteiger charge is -2.36. The maximum atomic E-state index is 5.87. The topological polar surface area (TPSA) is 30.5 Å². The Bertz CT molecular complexity index is 411. The fourth-order valence-electron chi connectivity index (χ4n) is 2.44. The Balaban J connectivity index is 2.21. The minimum absolute atomic E-state index is 0.158. The third-order valence-electron chi connectivity index (χ3n) is 4.09. The van der Waals surface area contributed by atoms with Gasteiger partial charge in [-0.1, -0.05) is 19.1 Å². The Kier molecular flexibility index (Phi) is 4.48. The van der Waals surface area contributed by atoms with Crippen LogP contribution in [-0.4, -0.2) is 25.9 Å². The number of rotatable bonds is 7. The molecule has 19 heavy (non-hydrogen) atoms. The molecule has 0 bridgehead atoms. The molecule has 1 fully saturated rings. The van der Waals surface area contributed by atoms with Crippen molar-refractivity contribution in [2.75, 3.05) is 14.2 Å². The molecule has 1 aliphatic carbocycles. The molecule has 0 amide bonds. The van der Waals surface area contributed by atoms with Crippen molar-refractivity contribution in [2.45, 2.75) is 50.9 Å². The molecule has 0 aromatic heterocycles. The van der Waals surface area contributed by atoms with Gasteiger partial charge in [0.2, 0.25) is 0 Å². The average Bonchev–Trinajstić information content (AvgIpc) is 3.23. The molecule has 3 heteroatoms. The van der Waals surface area contributed by atoms with Crippen molar-refractivity contribution in [3.8, 4) is 5.75 Å². The van der Waals surface area contributed by atoms with Gasteiger partial charge in [-0.25, -0.2) is 0 Å². The van der Waals surface area contributed by atoms with E-state index in [2.05, 4.69) is 37.4 Å². The molecule has 106 valence electrons. The van der Waals surface area contributed by atoms with Gasteiger partial charge >= 0.3 is 0 Å². The van der Waals surface area contributed by atoms with Crippen molar-refractivity contribution in [2.24, 2.45) is 0 Å². The molecule has 2 atom stereocenters. The van der Waals surface area contributed by atoms with Gasteiger partial charge in [0.05, 0.1) is 17.7 Å². The first kappa shape index (κ1) is 14.4. The third-order valence-corrected chi connectivity index (χ3v) is 4.09. The van der Waals surface area contributed by atoms with Crippen molar-refractivity contribution in [3.63, 3.8) is 0 Å².